The van der Waals surface area contributed by atoms with E-state index in [0.29, 0.717) is 17.6 Å². The van der Waals surface area contributed by atoms with Crippen LogP contribution in [0, 0.1) is 0 Å². The number of H-pyrrole nitrogens is 1. The van der Waals surface area contributed by atoms with Gasteiger partial charge in [0.2, 0.25) is 0 Å². The molecule has 1 amide bonds. The summed E-state index contributed by atoms with van der Waals surface area (Å²) in [5, 5.41) is 2.96. The normalized spacial score (nSPS) is 16.4. The summed E-state index contributed by atoms with van der Waals surface area (Å²) in [7, 11) is 3.07. The van der Waals surface area contributed by atoms with Gasteiger partial charge in [0.15, 0.2) is 0 Å². The van der Waals surface area contributed by atoms with Crippen LogP contribution in [-0.4, -0.2) is 22.5 Å². The van der Waals surface area contributed by atoms with Gasteiger partial charge in [-0.2, -0.15) is 0 Å². The monoisotopic (exact) mass is 349 g/mol. The third-order valence-corrected chi connectivity index (χ3v) is 4.25. The first kappa shape index (κ1) is 17.4. The fourth-order valence-electron chi connectivity index (χ4n) is 2.96. The summed E-state index contributed by atoms with van der Waals surface area (Å²) in [6, 6.07) is 9.28. The van der Waals surface area contributed by atoms with Crippen molar-refractivity contribution >= 4 is 17.6 Å². The number of hydrogen-bond acceptors (Lipinski definition) is 3. The van der Waals surface area contributed by atoms with Crippen LogP contribution >= 0.6 is 0 Å². The summed E-state index contributed by atoms with van der Waals surface area (Å²) in [5.41, 5.74) is 0.984. The Balaban J connectivity index is 2.31. The van der Waals surface area contributed by atoms with E-state index in [1.807, 2.05) is 36.4 Å². The fourth-order valence-corrected chi connectivity index (χ4v) is 2.96. The van der Waals surface area contributed by atoms with Crippen LogP contribution in [0.1, 0.15) is 12.0 Å². The molecule has 132 valence electrons. The number of nitrogens with one attached hydrogen (secondary N) is 2. The van der Waals surface area contributed by atoms with Gasteiger partial charge in [0.05, 0.1) is 0 Å². The maximum atomic E-state index is 12.7. The lowest BCUT2D eigenvalue weighted by Gasteiger charge is -2.13. The van der Waals surface area contributed by atoms with E-state index in [2.05, 4.69) is 10.3 Å². The van der Waals surface area contributed by atoms with Crippen molar-refractivity contribution in [1.29, 1.82) is 0 Å². The van der Waals surface area contributed by atoms with Gasteiger partial charge >= 0.3 is 0 Å². The van der Waals surface area contributed by atoms with Gasteiger partial charge in [-0.1, -0.05) is 42.5 Å². The van der Waals surface area contributed by atoms with Gasteiger partial charge in [-0.15, -0.1) is 0 Å². The van der Waals surface area contributed by atoms with Crippen molar-refractivity contribution < 1.29 is 4.79 Å². The highest BCUT2D eigenvalue weighted by Crippen LogP contribution is 2.18. The topological polar surface area (TPSA) is 84.0 Å². The van der Waals surface area contributed by atoms with E-state index in [1.54, 1.807) is 25.3 Å². The lowest BCUT2D eigenvalue weighted by atomic mass is 9.97. The second-order valence-corrected chi connectivity index (χ2v) is 5.91. The highest BCUT2D eigenvalue weighted by atomic mass is 16.2. The van der Waals surface area contributed by atoms with Gasteiger partial charge in [-0.25, -0.2) is 0 Å². The first-order chi connectivity index (χ1) is 12.5. The minimum Gasteiger partial charge on any atom is -0.355 e. The zero-order chi connectivity index (χ0) is 18.7. The summed E-state index contributed by atoms with van der Waals surface area (Å²) in [6.45, 7) is 0. The lowest BCUT2D eigenvalue weighted by Crippen LogP contribution is -2.53. The molecule has 0 saturated heterocycles. The Labute approximate surface area is 149 Å². The molecule has 6 nitrogen and oxygen atoms in total. The summed E-state index contributed by atoms with van der Waals surface area (Å²) in [5.74, 6) is -0.295. The van der Waals surface area contributed by atoms with E-state index in [4.69, 9.17) is 0 Å². The average Bonchev–Trinajstić information content (AvgIpc) is 2.66. The van der Waals surface area contributed by atoms with E-state index >= 15 is 0 Å². The van der Waals surface area contributed by atoms with Gasteiger partial charge in [0, 0.05) is 19.7 Å². The van der Waals surface area contributed by atoms with E-state index in [-0.39, 0.29) is 22.2 Å². The molecule has 2 aromatic rings. The number of amides is 1. The van der Waals surface area contributed by atoms with Crippen LogP contribution in [-0.2, 0) is 11.8 Å². The lowest BCUT2D eigenvalue weighted by molar-refractivity contribution is -0.116. The van der Waals surface area contributed by atoms with E-state index < -0.39 is 5.56 Å². The molecule has 1 aliphatic rings. The highest BCUT2D eigenvalue weighted by molar-refractivity contribution is 6.06. The largest absolute Gasteiger partial charge is 0.355 e. The molecule has 3 rings (SSSR count). The molecule has 0 bridgehead atoms. The van der Waals surface area contributed by atoms with Crippen molar-refractivity contribution in [3.63, 3.8) is 0 Å². The Morgan fingerprint density at radius 2 is 1.96 bits per heavy atom. The maximum absolute atomic E-state index is 12.7. The van der Waals surface area contributed by atoms with Crippen molar-refractivity contribution in [3.05, 3.63) is 91.1 Å². The Kier molecular flexibility index (Phi) is 4.84. The number of carbonyl (C=O) groups is 1. The molecule has 1 aromatic heterocycles. The molecule has 0 atom stereocenters. The Hall–Kier alpha value is -3.41. The molecule has 0 fully saturated rings. The number of allylic oxidation sites excluding steroid dienone is 3. The predicted molar refractivity (Wildman–Crippen MR) is 101 cm³/mol. The molecule has 0 spiro atoms. The standard InChI is InChI=1S/C20H19N3O3/c1-21-18(24)15-11-7-6-10-14(15)17-19(25)22-16(20(26)23(17)2)12-13-8-4-3-5-9-13/h3-9,11-12H,10H2,1-2H3,(H,21,24)(H,22,25)/b16-12-,17-14-. The zero-order valence-electron chi connectivity index (χ0n) is 14.6. The molecular weight excluding hydrogens is 330 g/mol. The second-order valence-electron chi connectivity index (χ2n) is 5.91. The summed E-state index contributed by atoms with van der Waals surface area (Å²) in [4.78, 5) is 40.3. The van der Waals surface area contributed by atoms with Crippen LogP contribution in [0.5, 0.6) is 0 Å². The minimum atomic E-state index is -0.408. The van der Waals surface area contributed by atoms with Crippen molar-refractivity contribution in [3.8, 4) is 0 Å². The first-order valence-electron chi connectivity index (χ1n) is 8.21. The summed E-state index contributed by atoms with van der Waals surface area (Å²) in [6.07, 6.45) is 7.28. The highest BCUT2D eigenvalue weighted by Gasteiger charge is 2.18. The zero-order valence-corrected chi connectivity index (χ0v) is 14.6. The third kappa shape index (κ3) is 3.21. The maximum Gasteiger partial charge on any atom is 0.274 e. The molecule has 0 radical (unpaired) electrons. The number of carbonyl (C=O) groups excluding carboxylic acids is 1. The molecule has 0 unspecified atom stereocenters. The average molecular weight is 349 g/mol. The van der Waals surface area contributed by atoms with E-state index in [0.717, 1.165) is 5.56 Å². The van der Waals surface area contributed by atoms with Crippen LogP contribution in [0.3, 0.4) is 0 Å². The number of aromatic nitrogens is 2. The number of hydrogen-bond donors (Lipinski definition) is 2. The molecule has 0 saturated carbocycles. The SMILES string of the molecule is CNC(=O)C1=CC=CC/C1=c1\c(=O)[nH]/c(=C\c2ccccc2)c(=O)n1C. The first-order valence-corrected chi connectivity index (χ1v) is 8.21. The van der Waals surface area contributed by atoms with Crippen molar-refractivity contribution in [2.45, 2.75) is 6.42 Å². The smallest absolute Gasteiger partial charge is 0.274 e. The molecule has 1 heterocycles. The number of rotatable bonds is 2. The fraction of sp³-hybridized carbons (Fsp3) is 0.150. The molecule has 26 heavy (non-hydrogen) atoms. The quantitative estimate of drug-likeness (QED) is 0.780. The summed E-state index contributed by atoms with van der Waals surface area (Å²) < 4.78 is 1.30. The van der Waals surface area contributed by atoms with Gasteiger partial charge < -0.3 is 14.9 Å². The molecule has 6 heteroatoms. The van der Waals surface area contributed by atoms with Crippen molar-refractivity contribution in [2.24, 2.45) is 7.05 Å². The molecule has 2 N–H and O–H groups in total. The second kappa shape index (κ2) is 7.23. The Morgan fingerprint density at radius 3 is 2.65 bits per heavy atom. The number of nitrogens with zero attached hydrogens (tertiary/aromatic N) is 1. The van der Waals surface area contributed by atoms with E-state index in [1.165, 1.54) is 11.6 Å². The Morgan fingerprint density at radius 1 is 1.23 bits per heavy atom. The van der Waals surface area contributed by atoms with Crippen molar-refractivity contribution in [2.75, 3.05) is 7.05 Å². The van der Waals surface area contributed by atoms with Crippen LogP contribution in [0.4, 0.5) is 0 Å². The molecule has 1 aliphatic carbocycles. The van der Waals surface area contributed by atoms with Crippen molar-refractivity contribution in [1.82, 2.24) is 14.9 Å². The number of likely N-dealkylation sites (N-methyl/N-ethyl adjacent to an activating group) is 1. The van der Waals surface area contributed by atoms with Crippen LogP contribution < -0.4 is 27.1 Å². The van der Waals surface area contributed by atoms with Crippen LogP contribution in [0.15, 0.2) is 63.7 Å². The van der Waals surface area contributed by atoms with Gasteiger partial charge in [-0.3, -0.25) is 14.4 Å². The predicted octanol–water partition coefficient (Wildman–Crippen LogP) is -0.315. The van der Waals surface area contributed by atoms with Crippen LogP contribution in [0.2, 0.25) is 0 Å². The van der Waals surface area contributed by atoms with Gasteiger partial charge in [0.1, 0.15) is 10.7 Å². The molecule has 1 aromatic carbocycles. The minimum absolute atomic E-state index is 0.194. The Bertz CT molecular complexity index is 1150. The van der Waals surface area contributed by atoms with Crippen LogP contribution in [0.25, 0.3) is 11.6 Å². The molecule has 0 aliphatic heterocycles. The summed E-state index contributed by atoms with van der Waals surface area (Å²) >= 11 is 0. The number of aromatic amines is 1. The molecular formula is C20H19N3O3. The van der Waals surface area contributed by atoms with Gasteiger partial charge in [0.25, 0.3) is 17.0 Å². The number of benzene rings is 1. The third-order valence-electron chi connectivity index (χ3n) is 4.25. The van der Waals surface area contributed by atoms with Gasteiger partial charge in [-0.05, 0) is 29.7 Å². The van der Waals surface area contributed by atoms with E-state index in [9.17, 15) is 14.4 Å².